The molecule has 124 valence electrons. The SMILES string of the molecule is CC(C)N(C(=O)Nc1cc2ncccc2c2cccnc12)C(C)C. The summed E-state index contributed by atoms with van der Waals surface area (Å²) in [4.78, 5) is 23.5. The number of rotatable bonds is 3. The summed E-state index contributed by atoms with van der Waals surface area (Å²) in [7, 11) is 0. The number of amides is 2. The summed E-state index contributed by atoms with van der Waals surface area (Å²) in [6.45, 7) is 8.05. The average Bonchev–Trinajstić information content (AvgIpc) is 2.54. The third-order valence-corrected chi connectivity index (χ3v) is 4.06. The van der Waals surface area contributed by atoms with Crippen molar-refractivity contribution in [2.24, 2.45) is 0 Å². The van der Waals surface area contributed by atoms with Gasteiger partial charge < -0.3 is 10.2 Å². The van der Waals surface area contributed by atoms with Gasteiger partial charge in [-0.15, -0.1) is 0 Å². The fourth-order valence-corrected chi connectivity index (χ4v) is 3.14. The van der Waals surface area contributed by atoms with E-state index < -0.39 is 0 Å². The van der Waals surface area contributed by atoms with Crippen LogP contribution >= 0.6 is 0 Å². The van der Waals surface area contributed by atoms with Gasteiger partial charge in [-0.3, -0.25) is 9.97 Å². The number of fused-ring (bicyclic) bond motifs is 3. The summed E-state index contributed by atoms with van der Waals surface area (Å²) in [6, 6.07) is 9.83. The molecule has 0 aliphatic rings. The molecule has 0 aliphatic carbocycles. The first-order valence-electron chi connectivity index (χ1n) is 8.21. The van der Waals surface area contributed by atoms with Crippen molar-refractivity contribution in [3.8, 4) is 0 Å². The van der Waals surface area contributed by atoms with Crippen LogP contribution in [0.5, 0.6) is 0 Å². The first kappa shape index (κ1) is 16.2. The van der Waals surface area contributed by atoms with Gasteiger partial charge >= 0.3 is 6.03 Å². The van der Waals surface area contributed by atoms with Crippen molar-refractivity contribution in [1.29, 1.82) is 0 Å². The van der Waals surface area contributed by atoms with Gasteiger partial charge in [0.25, 0.3) is 0 Å². The fourth-order valence-electron chi connectivity index (χ4n) is 3.14. The third kappa shape index (κ3) is 2.89. The molecule has 5 nitrogen and oxygen atoms in total. The second-order valence-electron chi connectivity index (χ2n) is 6.42. The number of pyridine rings is 2. The number of aromatic nitrogens is 2. The van der Waals surface area contributed by atoms with Crippen LogP contribution in [0.1, 0.15) is 27.7 Å². The Hall–Kier alpha value is -2.69. The van der Waals surface area contributed by atoms with Gasteiger partial charge in [-0.05, 0) is 45.9 Å². The molecule has 2 heterocycles. The van der Waals surface area contributed by atoms with Crippen LogP contribution in [0.3, 0.4) is 0 Å². The van der Waals surface area contributed by atoms with Crippen LogP contribution in [0.25, 0.3) is 21.8 Å². The molecular weight excluding hydrogens is 300 g/mol. The summed E-state index contributed by atoms with van der Waals surface area (Å²) in [5.74, 6) is 0. The van der Waals surface area contributed by atoms with E-state index in [-0.39, 0.29) is 18.1 Å². The van der Waals surface area contributed by atoms with Crippen LogP contribution in [0.4, 0.5) is 10.5 Å². The number of carbonyl (C=O) groups excluding carboxylic acids is 1. The lowest BCUT2D eigenvalue weighted by atomic mass is 10.1. The van der Waals surface area contributed by atoms with Crippen LogP contribution in [0.15, 0.2) is 42.7 Å². The maximum absolute atomic E-state index is 12.7. The molecule has 1 aromatic carbocycles. The summed E-state index contributed by atoms with van der Waals surface area (Å²) in [5, 5.41) is 5.04. The fraction of sp³-hybridized carbons (Fsp3) is 0.316. The van der Waals surface area contributed by atoms with Gasteiger partial charge in [0, 0.05) is 35.2 Å². The van der Waals surface area contributed by atoms with E-state index in [2.05, 4.69) is 15.3 Å². The van der Waals surface area contributed by atoms with Crippen LogP contribution in [-0.2, 0) is 0 Å². The molecule has 0 bridgehead atoms. The molecule has 0 radical (unpaired) electrons. The molecule has 2 amide bonds. The van der Waals surface area contributed by atoms with Crippen molar-refractivity contribution in [2.45, 2.75) is 39.8 Å². The minimum atomic E-state index is -0.123. The van der Waals surface area contributed by atoms with Crippen molar-refractivity contribution >= 4 is 33.5 Å². The molecule has 24 heavy (non-hydrogen) atoms. The Morgan fingerprint density at radius 1 is 1.00 bits per heavy atom. The largest absolute Gasteiger partial charge is 0.322 e. The normalized spacial score (nSPS) is 11.4. The minimum absolute atomic E-state index is 0.114. The van der Waals surface area contributed by atoms with E-state index in [4.69, 9.17) is 0 Å². The lowest BCUT2D eigenvalue weighted by Crippen LogP contribution is -2.44. The van der Waals surface area contributed by atoms with E-state index >= 15 is 0 Å². The standard InChI is InChI=1S/C19H22N4O/c1-12(2)23(13(3)4)19(24)22-17-11-16-14(7-5-9-20-16)15-8-6-10-21-18(15)17/h5-13H,1-4H3,(H,22,24). The van der Waals surface area contributed by atoms with Crippen molar-refractivity contribution in [3.05, 3.63) is 42.7 Å². The Kier molecular flexibility index (Phi) is 4.34. The first-order chi connectivity index (χ1) is 11.5. The highest BCUT2D eigenvalue weighted by Crippen LogP contribution is 2.29. The molecule has 0 saturated carbocycles. The molecule has 5 heteroatoms. The van der Waals surface area contributed by atoms with Crippen molar-refractivity contribution in [3.63, 3.8) is 0 Å². The van der Waals surface area contributed by atoms with Crippen LogP contribution in [0, 0.1) is 0 Å². The zero-order valence-corrected chi connectivity index (χ0v) is 14.4. The zero-order chi connectivity index (χ0) is 17.3. The number of anilines is 1. The van der Waals surface area contributed by atoms with Crippen molar-refractivity contribution in [1.82, 2.24) is 14.9 Å². The number of hydrogen-bond acceptors (Lipinski definition) is 3. The molecule has 3 aromatic rings. The monoisotopic (exact) mass is 322 g/mol. The van der Waals surface area contributed by atoms with E-state index in [1.54, 1.807) is 12.4 Å². The summed E-state index contributed by atoms with van der Waals surface area (Å²) in [6.07, 6.45) is 3.49. The maximum Gasteiger partial charge on any atom is 0.322 e. The minimum Gasteiger partial charge on any atom is -0.320 e. The van der Waals surface area contributed by atoms with Crippen LogP contribution in [0.2, 0.25) is 0 Å². The van der Waals surface area contributed by atoms with E-state index in [0.717, 1.165) is 21.8 Å². The van der Waals surface area contributed by atoms with Gasteiger partial charge in [-0.25, -0.2) is 4.79 Å². The van der Waals surface area contributed by atoms with Crippen molar-refractivity contribution < 1.29 is 4.79 Å². The molecule has 3 rings (SSSR count). The number of nitrogens with one attached hydrogen (secondary N) is 1. The molecule has 0 fully saturated rings. The maximum atomic E-state index is 12.7. The van der Waals surface area contributed by atoms with Crippen molar-refractivity contribution in [2.75, 3.05) is 5.32 Å². The van der Waals surface area contributed by atoms with Gasteiger partial charge in [0.2, 0.25) is 0 Å². The smallest absolute Gasteiger partial charge is 0.320 e. The van der Waals surface area contributed by atoms with E-state index in [1.807, 2.05) is 62.9 Å². The van der Waals surface area contributed by atoms with E-state index in [1.165, 1.54) is 0 Å². The predicted octanol–water partition coefficient (Wildman–Crippen LogP) is 4.43. The molecular formula is C19H22N4O. The van der Waals surface area contributed by atoms with E-state index in [9.17, 15) is 4.79 Å². The van der Waals surface area contributed by atoms with Gasteiger partial charge in [0.1, 0.15) is 0 Å². The highest BCUT2D eigenvalue weighted by molar-refractivity contribution is 6.12. The highest BCUT2D eigenvalue weighted by Gasteiger charge is 2.21. The lowest BCUT2D eigenvalue weighted by molar-refractivity contribution is 0.178. The quantitative estimate of drug-likeness (QED) is 0.726. The average molecular weight is 322 g/mol. The van der Waals surface area contributed by atoms with Crippen LogP contribution < -0.4 is 5.32 Å². The lowest BCUT2D eigenvalue weighted by Gasteiger charge is -2.30. The van der Waals surface area contributed by atoms with Gasteiger partial charge in [0.15, 0.2) is 0 Å². The topological polar surface area (TPSA) is 58.1 Å². The van der Waals surface area contributed by atoms with Gasteiger partial charge in [-0.2, -0.15) is 0 Å². The Morgan fingerprint density at radius 3 is 2.29 bits per heavy atom. The number of hydrogen-bond donors (Lipinski definition) is 1. The number of urea groups is 1. The summed E-state index contributed by atoms with van der Waals surface area (Å²) in [5.41, 5.74) is 2.31. The Bertz CT molecular complexity index is 881. The van der Waals surface area contributed by atoms with E-state index in [0.29, 0.717) is 5.69 Å². The van der Waals surface area contributed by atoms with Gasteiger partial charge in [0.05, 0.1) is 16.7 Å². The number of carbonyl (C=O) groups is 1. The zero-order valence-electron chi connectivity index (χ0n) is 14.4. The molecule has 2 aromatic heterocycles. The van der Waals surface area contributed by atoms with Crippen LogP contribution in [-0.4, -0.2) is 33.0 Å². The second-order valence-corrected chi connectivity index (χ2v) is 6.42. The molecule has 0 unspecified atom stereocenters. The molecule has 0 spiro atoms. The molecule has 0 aliphatic heterocycles. The molecule has 1 N–H and O–H groups in total. The number of benzene rings is 1. The summed E-state index contributed by atoms with van der Waals surface area (Å²) >= 11 is 0. The Balaban J connectivity index is 2.10. The Morgan fingerprint density at radius 2 is 1.62 bits per heavy atom. The first-order valence-corrected chi connectivity index (χ1v) is 8.21. The molecule has 0 saturated heterocycles. The number of nitrogens with zero attached hydrogens (tertiary/aromatic N) is 3. The summed E-state index contributed by atoms with van der Waals surface area (Å²) < 4.78 is 0. The molecule has 0 atom stereocenters. The predicted molar refractivity (Wildman–Crippen MR) is 98.2 cm³/mol. The Labute approximate surface area is 141 Å². The van der Waals surface area contributed by atoms with Gasteiger partial charge in [-0.1, -0.05) is 12.1 Å². The second kappa shape index (κ2) is 6.43. The highest BCUT2D eigenvalue weighted by atomic mass is 16.2. The third-order valence-electron chi connectivity index (χ3n) is 4.06.